The highest BCUT2D eigenvalue weighted by molar-refractivity contribution is 5.80. The van der Waals surface area contributed by atoms with E-state index in [0.29, 0.717) is 19.3 Å². The Morgan fingerprint density at radius 2 is 1.68 bits per heavy atom. The Labute approximate surface area is 199 Å². The second kappa shape index (κ2) is 10.7. The molecule has 2 aliphatic carbocycles. The van der Waals surface area contributed by atoms with Gasteiger partial charge < -0.3 is 20.5 Å². The molecule has 7 nitrogen and oxygen atoms in total. The fourth-order valence-corrected chi connectivity index (χ4v) is 5.30. The molecule has 34 heavy (non-hydrogen) atoms. The molecule has 0 radical (unpaired) electrons. The van der Waals surface area contributed by atoms with Gasteiger partial charge in [-0.2, -0.15) is 0 Å². The Morgan fingerprint density at radius 1 is 1.03 bits per heavy atom. The second-order valence-electron chi connectivity index (χ2n) is 9.21. The van der Waals surface area contributed by atoms with Crippen molar-refractivity contribution in [2.75, 3.05) is 6.61 Å². The van der Waals surface area contributed by atoms with E-state index in [9.17, 15) is 19.5 Å². The topological polar surface area (TPSA) is 105 Å². The SMILES string of the molecule is CCC[C@@H](CC(=O)N[C@@H]1CCC[C@@H]1C(=O)O)NC(=O)OCC1c2ccccc2-c2ccccc21. The predicted octanol–water partition coefficient (Wildman–Crippen LogP) is 4.45. The Kier molecular flexibility index (Phi) is 7.50. The highest BCUT2D eigenvalue weighted by Gasteiger charge is 2.34. The average Bonchev–Trinajstić information content (AvgIpc) is 3.40. The molecule has 7 heteroatoms. The summed E-state index contributed by atoms with van der Waals surface area (Å²) in [5.41, 5.74) is 4.62. The van der Waals surface area contributed by atoms with E-state index in [-0.39, 0.29) is 36.9 Å². The number of fused-ring (bicyclic) bond motifs is 3. The summed E-state index contributed by atoms with van der Waals surface area (Å²) in [7, 11) is 0. The lowest BCUT2D eigenvalue weighted by atomic mass is 9.98. The van der Waals surface area contributed by atoms with Crippen molar-refractivity contribution in [3.8, 4) is 11.1 Å². The first-order chi connectivity index (χ1) is 16.5. The highest BCUT2D eigenvalue weighted by atomic mass is 16.5. The maximum atomic E-state index is 12.6. The minimum atomic E-state index is -0.871. The van der Waals surface area contributed by atoms with E-state index >= 15 is 0 Å². The lowest BCUT2D eigenvalue weighted by Crippen LogP contribution is -2.44. The number of aliphatic carboxylic acids is 1. The number of rotatable bonds is 9. The second-order valence-corrected chi connectivity index (χ2v) is 9.21. The number of carbonyl (C=O) groups excluding carboxylic acids is 2. The van der Waals surface area contributed by atoms with Gasteiger partial charge in [0.2, 0.25) is 5.91 Å². The number of alkyl carbamates (subject to hydrolysis) is 1. The molecule has 2 amide bonds. The van der Waals surface area contributed by atoms with Gasteiger partial charge in [-0.15, -0.1) is 0 Å². The van der Waals surface area contributed by atoms with Gasteiger partial charge >= 0.3 is 12.1 Å². The maximum absolute atomic E-state index is 12.6. The van der Waals surface area contributed by atoms with Crippen LogP contribution in [0.25, 0.3) is 11.1 Å². The van der Waals surface area contributed by atoms with Crippen LogP contribution >= 0.6 is 0 Å². The molecule has 2 aliphatic rings. The molecule has 2 aromatic carbocycles. The summed E-state index contributed by atoms with van der Waals surface area (Å²) in [6, 6.07) is 15.6. The van der Waals surface area contributed by atoms with Crippen LogP contribution in [0.2, 0.25) is 0 Å². The molecule has 0 aromatic heterocycles. The summed E-state index contributed by atoms with van der Waals surface area (Å²) in [5.74, 6) is -1.68. The van der Waals surface area contributed by atoms with Crippen LogP contribution in [0.1, 0.15) is 62.5 Å². The monoisotopic (exact) mass is 464 g/mol. The standard InChI is InChI=1S/C27H32N2O5/c1-2-8-17(15-25(30)29-24-14-7-13-22(24)26(31)32)28-27(33)34-16-23-20-11-5-3-9-18(20)19-10-4-6-12-21(19)23/h3-6,9-12,17,22-24H,2,7-8,13-16H2,1H3,(H,28,33)(H,29,30)(H,31,32)/t17-,22-,24+/m0/s1. The normalized spacial score (nSPS) is 19.7. The Morgan fingerprint density at radius 3 is 2.29 bits per heavy atom. The van der Waals surface area contributed by atoms with Gasteiger partial charge in [0.1, 0.15) is 6.61 Å². The zero-order valence-electron chi connectivity index (χ0n) is 19.5. The van der Waals surface area contributed by atoms with E-state index in [1.165, 1.54) is 11.1 Å². The number of benzene rings is 2. The van der Waals surface area contributed by atoms with Crippen molar-refractivity contribution in [2.24, 2.45) is 5.92 Å². The number of hydrogen-bond acceptors (Lipinski definition) is 4. The van der Waals surface area contributed by atoms with E-state index in [1.54, 1.807) is 0 Å². The number of nitrogens with one attached hydrogen (secondary N) is 2. The molecule has 180 valence electrons. The van der Waals surface area contributed by atoms with E-state index < -0.39 is 18.0 Å². The third kappa shape index (κ3) is 5.24. The fraction of sp³-hybridized carbons (Fsp3) is 0.444. The zero-order chi connectivity index (χ0) is 24.1. The minimum Gasteiger partial charge on any atom is -0.481 e. The van der Waals surface area contributed by atoms with Gasteiger partial charge in [0.05, 0.1) is 5.92 Å². The lowest BCUT2D eigenvalue weighted by molar-refractivity contribution is -0.142. The average molecular weight is 465 g/mol. The largest absolute Gasteiger partial charge is 0.481 e. The zero-order valence-corrected chi connectivity index (χ0v) is 19.5. The van der Waals surface area contributed by atoms with Gasteiger partial charge in [-0.05, 0) is 41.5 Å². The van der Waals surface area contributed by atoms with Crippen LogP contribution in [0, 0.1) is 5.92 Å². The molecule has 0 spiro atoms. The smallest absolute Gasteiger partial charge is 0.407 e. The summed E-state index contributed by atoms with van der Waals surface area (Å²) in [5, 5.41) is 15.0. The molecule has 3 atom stereocenters. The maximum Gasteiger partial charge on any atom is 0.407 e. The van der Waals surface area contributed by atoms with Crippen LogP contribution in [-0.2, 0) is 14.3 Å². The van der Waals surface area contributed by atoms with Gasteiger partial charge in [0.25, 0.3) is 0 Å². The molecule has 2 aromatic rings. The van der Waals surface area contributed by atoms with Crippen molar-refractivity contribution >= 4 is 18.0 Å². The molecular weight excluding hydrogens is 432 g/mol. The molecule has 0 heterocycles. The van der Waals surface area contributed by atoms with E-state index in [4.69, 9.17) is 4.74 Å². The van der Waals surface area contributed by atoms with Crippen LogP contribution in [-0.4, -0.2) is 41.8 Å². The molecule has 0 bridgehead atoms. The molecule has 0 unspecified atom stereocenters. The number of carbonyl (C=O) groups is 3. The van der Waals surface area contributed by atoms with Gasteiger partial charge in [-0.1, -0.05) is 68.3 Å². The summed E-state index contributed by atoms with van der Waals surface area (Å²) < 4.78 is 5.62. The van der Waals surface area contributed by atoms with Crippen molar-refractivity contribution in [3.63, 3.8) is 0 Å². The summed E-state index contributed by atoms with van der Waals surface area (Å²) in [6.07, 6.45) is 3.02. The van der Waals surface area contributed by atoms with E-state index in [0.717, 1.165) is 24.0 Å². The molecule has 1 saturated carbocycles. The van der Waals surface area contributed by atoms with Gasteiger partial charge in [0, 0.05) is 24.4 Å². The van der Waals surface area contributed by atoms with Crippen molar-refractivity contribution in [1.29, 1.82) is 0 Å². The molecule has 1 fully saturated rings. The van der Waals surface area contributed by atoms with Gasteiger partial charge in [-0.25, -0.2) is 4.79 Å². The van der Waals surface area contributed by atoms with Gasteiger partial charge in [-0.3, -0.25) is 9.59 Å². The predicted molar refractivity (Wildman–Crippen MR) is 128 cm³/mol. The first-order valence-electron chi connectivity index (χ1n) is 12.1. The third-order valence-electron chi connectivity index (χ3n) is 6.91. The van der Waals surface area contributed by atoms with Crippen LogP contribution in [0.3, 0.4) is 0 Å². The first-order valence-corrected chi connectivity index (χ1v) is 12.1. The van der Waals surface area contributed by atoms with Gasteiger partial charge in [0.15, 0.2) is 0 Å². The quantitative estimate of drug-likeness (QED) is 0.508. The van der Waals surface area contributed by atoms with Crippen molar-refractivity contribution < 1.29 is 24.2 Å². The van der Waals surface area contributed by atoms with Crippen molar-refractivity contribution in [1.82, 2.24) is 10.6 Å². The van der Waals surface area contributed by atoms with Crippen molar-refractivity contribution in [2.45, 2.75) is 63.5 Å². The van der Waals surface area contributed by atoms with Crippen LogP contribution in [0.5, 0.6) is 0 Å². The molecule has 0 saturated heterocycles. The molecule has 3 N–H and O–H groups in total. The van der Waals surface area contributed by atoms with Crippen molar-refractivity contribution in [3.05, 3.63) is 59.7 Å². The summed E-state index contributed by atoms with van der Waals surface area (Å²) >= 11 is 0. The summed E-state index contributed by atoms with van der Waals surface area (Å²) in [6.45, 7) is 2.20. The highest BCUT2D eigenvalue weighted by Crippen LogP contribution is 2.44. The Balaban J connectivity index is 1.33. The number of ether oxygens (including phenoxy) is 1. The number of carboxylic acid groups (broad SMARTS) is 1. The molecule has 0 aliphatic heterocycles. The molecule has 4 rings (SSSR count). The van der Waals surface area contributed by atoms with Crippen LogP contribution < -0.4 is 10.6 Å². The molecular formula is C27H32N2O5. The van der Waals surface area contributed by atoms with Crippen LogP contribution in [0.4, 0.5) is 4.79 Å². The Bertz CT molecular complexity index is 1010. The number of amides is 2. The third-order valence-corrected chi connectivity index (χ3v) is 6.91. The lowest BCUT2D eigenvalue weighted by Gasteiger charge is -2.22. The fourth-order valence-electron chi connectivity index (χ4n) is 5.30. The summed E-state index contributed by atoms with van der Waals surface area (Å²) in [4.78, 5) is 36.6. The first kappa shape index (κ1) is 23.8. The van der Waals surface area contributed by atoms with Crippen LogP contribution in [0.15, 0.2) is 48.5 Å². The Hall–Kier alpha value is -3.35. The van der Waals surface area contributed by atoms with E-state index in [1.807, 2.05) is 31.2 Å². The van der Waals surface area contributed by atoms with E-state index in [2.05, 4.69) is 34.9 Å². The number of hydrogen-bond donors (Lipinski definition) is 3. The minimum absolute atomic E-state index is 0.0265. The number of carboxylic acids is 1.